The Balaban J connectivity index is 1.24. The van der Waals surface area contributed by atoms with Gasteiger partial charge < -0.3 is 20.1 Å². The number of benzene rings is 3. The number of hydrogen-bond donors (Lipinski definition) is 2. The molecule has 0 unspecified atom stereocenters. The Morgan fingerprint density at radius 2 is 1.94 bits per heavy atom. The van der Waals surface area contributed by atoms with E-state index in [-0.39, 0.29) is 5.69 Å². The Hall–Kier alpha value is -5.80. The number of fused-ring (bicyclic) bond motifs is 1. The number of anilines is 2. The highest BCUT2D eigenvalue weighted by atomic mass is 32.1. The molecule has 0 saturated carbocycles. The molecule has 6 aromatic rings. The molecule has 0 fully saturated rings. The third-order valence-electron chi connectivity index (χ3n) is 8.09. The summed E-state index contributed by atoms with van der Waals surface area (Å²) in [4.78, 5) is 22.2. The molecule has 0 aliphatic heterocycles. The zero-order chi connectivity index (χ0) is 34.0. The molecule has 2 N–H and O–H groups in total. The summed E-state index contributed by atoms with van der Waals surface area (Å²) in [5.74, 6) is 1.05. The van der Waals surface area contributed by atoms with Gasteiger partial charge in [-0.05, 0) is 68.3 Å². The summed E-state index contributed by atoms with van der Waals surface area (Å²) in [6.45, 7) is 5.81. The van der Waals surface area contributed by atoms with Crippen LogP contribution in [0.3, 0.4) is 0 Å². The van der Waals surface area contributed by atoms with E-state index in [1.165, 1.54) is 23.7 Å². The van der Waals surface area contributed by atoms with Gasteiger partial charge in [-0.3, -0.25) is 4.79 Å². The lowest BCUT2D eigenvalue weighted by molar-refractivity contribution is 0.102. The van der Waals surface area contributed by atoms with E-state index in [0.29, 0.717) is 46.2 Å². The maximum absolute atomic E-state index is 15.1. The highest BCUT2D eigenvalue weighted by molar-refractivity contribution is 7.18. The van der Waals surface area contributed by atoms with E-state index < -0.39 is 17.1 Å². The van der Waals surface area contributed by atoms with Gasteiger partial charge in [0.25, 0.3) is 5.91 Å². The molecule has 1 amide bonds. The van der Waals surface area contributed by atoms with Crippen molar-refractivity contribution in [2.75, 3.05) is 24.9 Å². The molecule has 0 radical (unpaired) electrons. The van der Waals surface area contributed by atoms with Crippen molar-refractivity contribution >= 4 is 39.0 Å². The second kappa shape index (κ2) is 13.1. The third-order valence-corrected chi connectivity index (χ3v) is 9.07. The number of hydrogen-bond acceptors (Lipinski definition) is 9. The molecule has 48 heavy (non-hydrogen) atoms. The Morgan fingerprint density at radius 1 is 1.10 bits per heavy atom. The van der Waals surface area contributed by atoms with Crippen LogP contribution < -0.4 is 20.1 Å². The van der Waals surface area contributed by atoms with E-state index >= 15 is 4.39 Å². The van der Waals surface area contributed by atoms with Crippen molar-refractivity contribution in [2.45, 2.75) is 32.7 Å². The van der Waals surface area contributed by atoms with Crippen LogP contribution >= 0.6 is 11.3 Å². The molecule has 0 bridgehead atoms. The fourth-order valence-electron chi connectivity index (χ4n) is 5.26. The number of thiophene rings is 1. The van der Waals surface area contributed by atoms with Crippen molar-refractivity contribution < 1.29 is 18.7 Å². The van der Waals surface area contributed by atoms with Crippen molar-refractivity contribution in [1.82, 2.24) is 19.7 Å². The van der Waals surface area contributed by atoms with Crippen LogP contribution in [0.25, 0.3) is 27.0 Å². The van der Waals surface area contributed by atoms with Gasteiger partial charge in [0.15, 0.2) is 0 Å². The maximum Gasteiger partial charge on any atom is 0.255 e. The van der Waals surface area contributed by atoms with Crippen LogP contribution in [-0.2, 0) is 12.0 Å². The smallest absolute Gasteiger partial charge is 0.255 e. The molecular formula is C36H32FN7O3S. The summed E-state index contributed by atoms with van der Waals surface area (Å²) in [6.07, 6.45) is 5.09. The number of aromatic nitrogens is 4. The molecule has 3 aromatic carbocycles. The Labute approximate surface area is 280 Å². The number of rotatable bonds is 10. The summed E-state index contributed by atoms with van der Waals surface area (Å²) in [7, 11) is 3.23. The van der Waals surface area contributed by atoms with E-state index in [4.69, 9.17) is 9.47 Å². The molecule has 242 valence electrons. The highest BCUT2D eigenvalue weighted by Crippen LogP contribution is 2.37. The van der Waals surface area contributed by atoms with Gasteiger partial charge in [0.1, 0.15) is 29.5 Å². The van der Waals surface area contributed by atoms with Gasteiger partial charge in [-0.25, -0.2) is 19.0 Å². The van der Waals surface area contributed by atoms with Gasteiger partial charge in [0.05, 0.1) is 53.5 Å². The van der Waals surface area contributed by atoms with Crippen molar-refractivity contribution in [1.29, 1.82) is 5.26 Å². The van der Waals surface area contributed by atoms with Gasteiger partial charge in [-0.15, -0.1) is 11.3 Å². The van der Waals surface area contributed by atoms with E-state index in [2.05, 4.69) is 31.8 Å². The number of nitriles is 1. The van der Waals surface area contributed by atoms with Crippen LogP contribution in [0.2, 0.25) is 0 Å². The zero-order valence-corrected chi connectivity index (χ0v) is 27.8. The molecule has 0 spiro atoms. The Bertz CT molecular complexity index is 2200. The topological polar surface area (TPSA) is 127 Å². The molecule has 3 heterocycles. The predicted octanol–water partition coefficient (Wildman–Crippen LogP) is 7.67. The van der Waals surface area contributed by atoms with Crippen LogP contribution in [-0.4, -0.2) is 39.9 Å². The number of ether oxygens (including phenoxy) is 2. The summed E-state index contributed by atoms with van der Waals surface area (Å²) in [5.41, 5.74) is 4.89. The number of nitrogens with zero attached hydrogens (tertiary/aromatic N) is 5. The van der Waals surface area contributed by atoms with Crippen LogP contribution in [0.1, 0.15) is 40.9 Å². The number of carbonyl (C=O) groups excluding carboxylic acids is 1. The van der Waals surface area contributed by atoms with Gasteiger partial charge in [0.2, 0.25) is 0 Å². The Morgan fingerprint density at radius 3 is 2.71 bits per heavy atom. The number of methoxy groups -OCH3 is 2. The lowest BCUT2D eigenvalue weighted by atomic mass is 9.85. The first-order valence-electron chi connectivity index (χ1n) is 15.0. The average molecular weight is 662 g/mol. The van der Waals surface area contributed by atoms with Gasteiger partial charge >= 0.3 is 0 Å². The van der Waals surface area contributed by atoms with Gasteiger partial charge in [-0.2, -0.15) is 10.4 Å². The van der Waals surface area contributed by atoms with Crippen LogP contribution in [0.5, 0.6) is 11.5 Å². The predicted molar refractivity (Wildman–Crippen MR) is 185 cm³/mol. The summed E-state index contributed by atoms with van der Waals surface area (Å²) < 4.78 is 28.5. The first kappa shape index (κ1) is 32.2. The molecule has 0 aliphatic rings. The quantitative estimate of drug-likeness (QED) is 0.153. The lowest BCUT2D eigenvalue weighted by Gasteiger charge is -2.17. The van der Waals surface area contributed by atoms with E-state index in [1.54, 1.807) is 76.2 Å². The molecule has 3 aromatic heterocycles. The minimum atomic E-state index is -0.778. The van der Waals surface area contributed by atoms with E-state index in [0.717, 1.165) is 26.9 Å². The van der Waals surface area contributed by atoms with Crippen molar-refractivity contribution in [3.05, 3.63) is 107 Å². The first-order valence-corrected chi connectivity index (χ1v) is 15.9. The second-order valence-corrected chi connectivity index (χ2v) is 12.5. The van der Waals surface area contributed by atoms with Crippen molar-refractivity contribution in [3.8, 4) is 34.4 Å². The molecule has 0 atom stereocenters. The number of amides is 1. The van der Waals surface area contributed by atoms with E-state index in [1.807, 2.05) is 29.8 Å². The van der Waals surface area contributed by atoms with Crippen molar-refractivity contribution in [3.63, 3.8) is 0 Å². The minimum absolute atomic E-state index is 0.0144. The van der Waals surface area contributed by atoms with Crippen molar-refractivity contribution in [2.24, 2.45) is 0 Å². The first-order chi connectivity index (χ1) is 23.1. The number of carbonyl (C=O) groups is 1. The molecule has 6 rings (SSSR count). The Kier molecular flexibility index (Phi) is 8.80. The van der Waals surface area contributed by atoms with Crippen LogP contribution in [0.4, 0.5) is 15.9 Å². The van der Waals surface area contributed by atoms with Crippen LogP contribution in [0, 0.1) is 24.1 Å². The third kappa shape index (κ3) is 6.28. The monoisotopic (exact) mass is 661 g/mol. The summed E-state index contributed by atoms with van der Waals surface area (Å²) in [5, 5.41) is 22.2. The minimum Gasteiger partial charge on any atom is -0.497 e. The average Bonchev–Trinajstić information content (AvgIpc) is 3.76. The number of nitrogens with one attached hydrogen (secondary N) is 2. The fraction of sp³-hybridized carbons (Fsp3) is 0.194. The molecule has 12 heteroatoms. The molecule has 0 saturated heterocycles. The fourth-order valence-corrected chi connectivity index (χ4v) is 6.26. The number of halogens is 1. The van der Waals surface area contributed by atoms with Crippen LogP contribution in [0.15, 0.2) is 78.7 Å². The van der Waals surface area contributed by atoms with Gasteiger partial charge in [-0.1, -0.05) is 12.1 Å². The summed E-state index contributed by atoms with van der Waals surface area (Å²) in [6, 6.07) is 17.6. The van der Waals surface area contributed by atoms with E-state index in [9.17, 15) is 10.1 Å². The zero-order valence-electron chi connectivity index (χ0n) is 27.0. The van der Waals surface area contributed by atoms with Gasteiger partial charge in [0, 0.05) is 46.4 Å². The standard InChI is InChI=1S/C36H32FN7O3S/c1-21-11-28(37)29(43-35(45)22-7-6-8-25(12-22)36(2,3)19-38)14-30(21)44-17-24(16-42-44)27-18-48-33-32(27)40-20-41-34(33)39-15-23-9-10-26(46-4)13-31(23)47-5/h6-14,16-18,20H,15H2,1-5H3,(H,43,45)(H,39,40,41). The molecule has 10 nitrogen and oxygen atoms in total. The number of aryl methyl sites for hydroxylation is 1. The molecule has 0 aliphatic carbocycles. The normalized spacial score (nSPS) is 11.3. The second-order valence-electron chi connectivity index (χ2n) is 11.6. The lowest BCUT2D eigenvalue weighted by Crippen LogP contribution is -2.17. The highest BCUT2D eigenvalue weighted by Gasteiger charge is 2.22. The largest absolute Gasteiger partial charge is 0.497 e. The summed E-state index contributed by atoms with van der Waals surface area (Å²) >= 11 is 1.52. The SMILES string of the molecule is COc1ccc(CNc2ncnc3c(-c4cnn(-c5cc(NC(=O)c6cccc(C(C)(C)C#N)c6)c(F)cc5C)c4)csc23)c(OC)c1. The maximum atomic E-state index is 15.1. The molecular weight excluding hydrogens is 630 g/mol.